The van der Waals surface area contributed by atoms with Crippen molar-refractivity contribution in [2.24, 2.45) is 17.3 Å². The summed E-state index contributed by atoms with van der Waals surface area (Å²) < 4.78 is 37.0. The van der Waals surface area contributed by atoms with E-state index in [1.54, 1.807) is 0 Å². The van der Waals surface area contributed by atoms with Gasteiger partial charge in [-0.3, -0.25) is 19.3 Å². The summed E-state index contributed by atoms with van der Waals surface area (Å²) in [5, 5.41) is 0. The highest BCUT2D eigenvalue weighted by atomic mass is 16.8. The predicted molar refractivity (Wildman–Crippen MR) is 127 cm³/mol. The van der Waals surface area contributed by atoms with Crippen molar-refractivity contribution < 1.29 is 47.6 Å². The van der Waals surface area contributed by atoms with Crippen molar-refractivity contribution in [3.05, 3.63) is 23.3 Å². The van der Waals surface area contributed by atoms with Crippen LogP contribution in [0.4, 0.5) is 0 Å². The molecule has 2 saturated carbocycles. The van der Waals surface area contributed by atoms with Crippen LogP contribution in [0.5, 0.6) is 0 Å². The summed E-state index contributed by atoms with van der Waals surface area (Å²) >= 11 is 0. The van der Waals surface area contributed by atoms with Crippen molar-refractivity contribution in [3.63, 3.8) is 0 Å². The topological polar surface area (TPSA) is 137 Å². The van der Waals surface area contributed by atoms with Gasteiger partial charge in [-0.25, -0.2) is 4.79 Å². The molecule has 0 aromatic heterocycles. The number of carbonyl (C=O) groups is 4. The lowest BCUT2D eigenvalue weighted by Crippen LogP contribution is -2.69. The second-order valence-corrected chi connectivity index (χ2v) is 12.6. The molecule has 3 saturated heterocycles. The summed E-state index contributed by atoms with van der Waals surface area (Å²) in [7, 11) is 0. The van der Waals surface area contributed by atoms with Gasteiger partial charge < -0.3 is 28.4 Å². The standard InChI is InChI=1S/C28H31NO10/c1-13(2)26-21(38-26)22-28(39-22)25(3)8-6-14-15(11-34-23(14)33)16(25)10-17-27(28,37-17)24(26)36-12-35-20(32)7-9-29-18(30)4-5-19(29)31/h4-5,13,16-17,21-22,24H,6-12H2,1-3H3/t16-,17-,21-,22-,24+,25-,26-,27+,28+/m0/s1. The summed E-state index contributed by atoms with van der Waals surface area (Å²) in [4.78, 5) is 49.3. The third-order valence-electron chi connectivity index (χ3n) is 11.0. The molecule has 9 atom stereocenters. The second-order valence-electron chi connectivity index (χ2n) is 12.6. The molecule has 3 aliphatic carbocycles. The largest absolute Gasteiger partial charge is 0.458 e. The average Bonchev–Trinajstić information content (AvgIpc) is 3.81. The minimum absolute atomic E-state index is 0.0500. The van der Waals surface area contributed by atoms with Gasteiger partial charge in [-0.2, -0.15) is 0 Å². The maximum Gasteiger partial charge on any atom is 0.334 e. The fourth-order valence-electron chi connectivity index (χ4n) is 9.01. The number of hydrogen-bond donors (Lipinski definition) is 0. The molecule has 0 bridgehead atoms. The monoisotopic (exact) mass is 541 g/mol. The van der Waals surface area contributed by atoms with Crippen LogP contribution in [0.15, 0.2) is 23.3 Å². The van der Waals surface area contributed by atoms with Gasteiger partial charge in [0.05, 0.1) is 12.5 Å². The molecule has 8 aliphatic rings. The Kier molecular flexibility index (Phi) is 4.58. The average molecular weight is 542 g/mol. The van der Waals surface area contributed by atoms with E-state index in [2.05, 4.69) is 20.8 Å². The summed E-state index contributed by atoms with van der Waals surface area (Å²) in [5.74, 6) is -1.42. The van der Waals surface area contributed by atoms with Crippen LogP contribution in [0.25, 0.3) is 0 Å². The molecule has 11 heteroatoms. The van der Waals surface area contributed by atoms with Crippen LogP contribution in [0.3, 0.4) is 0 Å². The molecule has 5 fully saturated rings. The van der Waals surface area contributed by atoms with Crippen molar-refractivity contribution in [1.82, 2.24) is 4.90 Å². The molecule has 2 amide bonds. The zero-order valence-corrected chi connectivity index (χ0v) is 22.1. The van der Waals surface area contributed by atoms with Gasteiger partial charge >= 0.3 is 11.9 Å². The lowest BCUT2D eigenvalue weighted by Gasteiger charge is -2.54. The Labute approximate surface area is 224 Å². The van der Waals surface area contributed by atoms with Crippen LogP contribution >= 0.6 is 0 Å². The van der Waals surface area contributed by atoms with E-state index < -0.39 is 40.7 Å². The van der Waals surface area contributed by atoms with Gasteiger partial charge in [0, 0.05) is 29.7 Å². The number of esters is 2. The van der Waals surface area contributed by atoms with E-state index >= 15 is 0 Å². The Morgan fingerprint density at radius 2 is 1.90 bits per heavy atom. The highest BCUT2D eigenvalue weighted by molar-refractivity contribution is 6.13. The summed E-state index contributed by atoms with van der Waals surface area (Å²) in [5.41, 5.74) is -0.324. The zero-order valence-electron chi connectivity index (χ0n) is 22.1. The van der Waals surface area contributed by atoms with E-state index in [0.29, 0.717) is 13.0 Å². The number of amides is 2. The molecular weight excluding hydrogens is 510 g/mol. The third kappa shape index (κ3) is 2.68. The highest BCUT2D eigenvalue weighted by Crippen LogP contribution is 2.83. The molecule has 8 rings (SSSR count). The van der Waals surface area contributed by atoms with Crippen LogP contribution in [-0.4, -0.2) is 89.8 Å². The number of epoxide rings is 3. The number of nitrogens with zero attached hydrogens (tertiary/aromatic N) is 1. The lowest BCUT2D eigenvalue weighted by atomic mass is 9.46. The maximum absolute atomic E-state index is 12.5. The van der Waals surface area contributed by atoms with E-state index in [4.69, 9.17) is 28.4 Å². The molecule has 0 radical (unpaired) electrons. The fraction of sp³-hybridized carbons (Fsp3) is 0.714. The molecule has 208 valence electrons. The number of ether oxygens (including phenoxy) is 6. The zero-order chi connectivity index (χ0) is 27.1. The first kappa shape index (κ1) is 24.2. The summed E-state index contributed by atoms with van der Waals surface area (Å²) in [6.07, 6.45) is 3.51. The Balaban J connectivity index is 1.03. The first-order chi connectivity index (χ1) is 18.6. The predicted octanol–water partition coefficient (Wildman–Crippen LogP) is 0.943. The van der Waals surface area contributed by atoms with Crippen LogP contribution < -0.4 is 0 Å². The number of fused-ring (bicyclic) bond motifs is 4. The van der Waals surface area contributed by atoms with Crippen LogP contribution in [0, 0.1) is 17.3 Å². The van der Waals surface area contributed by atoms with Gasteiger partial charge in [0.15, 0.2) is 12.4 Å². The summed E-state index contributed by atoms with van der Waals surface area (Å²) in [6, 6.07) is 0. The second kappa shape index (κ2) is 7.37. The maximum atomic E-state index is 12.5. The first-order valence-corrected chi connectivity index (χ1v) is 13.8. The van der Waals surface area contributed by atoms with Gasteiger partial charge in [-0.1, -0.05) is 20.8 Å². The molecule has 0 aromatic carbocycles. The van der Waals surface area contributed by atoms with E-state index in [-0.39, 0.29) is 61.3 Å². The van der Waals surface area contributed by atoms with Crippen molar-refractivity contribution in [3.8, 4) is 0 Å². The van der Waals surface area contributed by atoms with Crippen molar-refractivity contribution in [1.29, 1.82) is 0 Å². The molecule has 11 nitrogen and oxygen atoms in total. The molecular formula is C28H31NO10. The Hall–Kier alpha value is -2.60. The molecule has 39 heavy (non-hydrogen) atoms. The number of hydrogen-bond acceptors (Lipinski definition) is 10. The molecule has 5 heterocycles. The Morgan fingerprint density at radius 1 is 1.13 bits per heavy atom. The molecule has 0 aromatic rings. The third-order valence-corrected chi connectivity index (χ3v) is 11.0. The van der Waals surface area contributed by atoms with Crippen LogP contribution in [-0.2, 0) is 47.6 Å². The van der Waals surface area contributed by atoms with Gasteiger partial charge in [0.25, 0.3) is 11.8 Å². The van der Waals surface area contributed by atoms with Gasteiger partial charge in [0.2, 0.25) is 0 Å². The van der Waals surface area contributed by atoms with Crippen LogP contribution in [0.2, 0.25) is 0 Å². The summed E-state index contributed by atoms with van der Waals surface area (Å²) in [6.45, 7) is 6.43. The molecule has 0 N–H and O–H groups in total. The number of cyclic esters (lactones) is 1. The van der Waals surface area contributed by atoms with Crippen LogP contribution in [0.1, 0.15) is 46.5 Å². The van der Waals surface area contributed by atoms with E-state index in [1.807, 2.05) is 0 Å². The molecule has 2 spiro atoms. The fourth-order valence-corrected chi connectivity index (χ4v) is 9.01. The van der Waals surface area contributed by atoms with E-state index in [0.717, 1.165) is 28.9 Å². The van der Waals surface area contributed by atoms with Gasteiger partial charge in [-0.15, -0.1) is 0 Å². The first-order valence-electron chi connectivity index (χ1n) is 13.8. The number of carbonyl (C=O) groups excluding carboxylic acids is 4. The van der Waals surface area contributed by atoms with Crippen molar-refractivity contribution >= 4 is 23.8 Å². The van der Waals surface area contributed by atoms with Gasteiger partial charge in [-0.05, 0) is 36.7 Å². The minimum Gasteiger partial charge on any atom is -0.458 e. The smallest absolute Gasteiger partial charge is 0.334 e. The van der Waals surface area contributed by atoms with Crippen molar-refractivity contribution in [2.75, 3.05) is 19.9 Å². The van der Waals surface area contributed by atoms with E-state index in [9.17, 15) is 19.2 Å². The Bertz CT molecular complexity index is 1290. The lowest BCUT2D eigenvalue weighted by molar-refractivity contribution is -0.184. The van der Waals surface area contributed by atoms with E-state index in [1.165, 1.54) is 12.2 Å². The van der Waals surface area contributed by atoms with Gasteiger partial charge in [0.1, 0.15) is 36.1 Å². The Morgan fingerprint density at radius 3 is 2.64 bits per heavy atom. The molecule has 5 aliphatic heterocycles. The SMILES string of the molecule is CC(C)[C@]12O[C@H]1[C@@H]1O[C@]13[C@]1(O[C@H]1C[C@H]1C4=C(CC[C@@]13C)C(=O)OC4)[C@@H]2OCOC(=O)CCN1C(=O)C=CC1=O. The van der Waals surface area contributed by atoms with Crippen molar-refractivity contribution in [2.45, 2.75) is 87.7 Å². The number of rotatable bonds is 7. The number of imide groups is 1. The quantitative estimate of drug-likeness (QED) is 0.198. The molecule has 0 unspecified atom stereocenters. The normalized spacial score (nSPS) is 47.6. The highest BCUT2D eigenvalue weighted by Gasteiger charge is 3.00. The minimum atomic E-state index is -0.728.